The molecule has 0 atom stereocenters. The van der Waals surface area contributed by atoms with E-state index in [-0.39, 0.29) is 12.0 Å². The second kappa shape index (κ2) is 9.26. The average molecular weight is 453 g/mol. The number of benzene rings is 2. The lowest BCUT2D eigenvalue weighted by Crippen LogP contribution is -2.49. The molecule has 1 aliphatic heterocycles. The van der Waals surface area contributed by atoms with Crippen LogP contribution in [0, 0.1) is 0 Å². The van der Waals surface area contributed by atoms with E-state index in [1.54, 1.807) is 4.90 Å². The molecular formula is C24H28N4O3S. The van der Waals surface area contributed by atoms with Crippen LogP contribution in [0.25, 0.3) is 10.2 Å². The van der Waals surface area contributed by atoms with Crippen LogP contribution in [0.2, 0.25) is 0 Å². The molecule has 0 bridgehead atoms. The highest BCUT2D eigenvalue weighted by molar-refractivity contribution is 7.22. The number of piperazine rings is 1. The number of carbonyl (C=O) groups is 2. The maximum absolute atomic E-state index is 12.6. The van der Waals surface area contributed by atoms with E-state index in [9.17, 15) is 9.59 Å². The van der Waals surface area contributed by atoms with Crippen LogP contribution in [0.4, 0.5) is 9.93 Å². The quantitative estimate of drug-likeness (QED) is 0.626. The highest BCUT2D eigenvalue weighted by Gasteiger charge is 2.25. The Kier molecular flexibility index (Phi) is 6.43. The summed E-state index contributed by atoms with van der Waals surface area (Å²) in [4.78, 5) is 33.3. The molecule has 0 unspecified atom stereocenters. The number of ether oxygens (including phenoxy) is 1. The smallest absolute Gasteiger partial charge is 0.410 e. The van der Waals surface area contributed by atoms with Gasteiger partial charge in [0.1, 0.15) is 5.60 Å². The number of aromatic nitrogens is 1. The first-order valence-corrected chi connectivity index (χ1v) is 11.5. The first-order chi connectivity index (χ1) is 15.3. The highest BCUT2D eigenvalue weighted by atomic mass is 32.1. The van der Waals surface area contributed by atoms with Crippen LogP contribution < -0.4 is 5.32 Å². The molecule has 3 aromatic rings. The van der Waals surface area contributed by atoms with Crippen molar-refractivity contribution in [3.05, 3.63) is 59.7 Å². The van der Waals surface area contributed by atoms with E-state index in [2.05, 4.69) is 15.2 Å². The normalized spacial score (nSPS) is 15.0. The summed E-state index contributed by atoms with van der Waals surface area (Å²) >= 11 is 1.47. The van der Waals surface area contributed by atoms with Crippen molar-refractivity contribution >= 4 is 38.7 Å². The molecule has 2 aromatic carbocycles. The molecule has 4 rings (SSSR count). The molecule has 1 N–H and O–H groups in total. The number of amides is 2. The number of hydrogen-bond donors (Lipinski definition) is 1. The maximum Gasteiger partial charge on any atom is 0.410 e. The number of anilines is 1. The Morgan fingerprint density at radius 1 is 1.03 bits per heavy atom. The largest absolute Gasteiger partial charge is 0.444 e. The number of rotatable bonds is 4. The van der Waals surface area contributed by atoms with Gasteiger partial charge in [-0.05, 0) is 50.6 Å². The predicted molar refractivity (Wildman–Crippen MR) is 127 cm³/mol. The Morgan fingerprint density at radius 2 is 1.72 bits per heavy atom. The van der Waals surface area contributed by atoms with Crippen LogP contribution in [0.15, 0.2) is 48.5 Å². The van der Waals surface area contributed by atoms with Crippen molar-refractivity contribution in [1.29, 1.82) is 0 Å². The summed E-state index contributed by atoms with van der Waals surface area (Å²) in [5, 5.41) is 3.49. The first-order valence-electron chi connectivity index (χ1n) is 10.7. The van der Waals surface area contributed by atoms with E-state index >= 15 is 0 Å². The molecule has 0 aliphatic carbocycles. The number of nitrogens with one attached hydrogen (secondary N) is 1. The van der Waals surface area contributed by atoms with Gasteiger partial charge < -0.3 is 9.64 Å². The molecule has 2 heterocycles. The van der Waals surface area contributed by atoms with E-state index in [0.717, 1.165) is 35.4 Å². The number of para-hydroxylation sites is 1. The Balaban J connectivity index is 1.28. The Hall–Kier alpha value is -2.97. The number of hydrogen-bond acceptors (Lipinski definition) is 6. The molecule has 168 valence electrons. The third-order valence-electron chi connectivity index (χ3n) is 5.16. The lowest BCUT2D eigenvalue weighted by Gasteiger charge is -2.35. The number of nitrogens with zero attached hydrogens (tertiary/aromatic N) is 3. The summed E-state index contributed by atoms with van der Waals surface area (Å²) in [6.07, 6.45) is -0.249. The van der Waals surface area contributed by atoms with E-state index in [4.69, 9.17) is 4.74 Å². The first kappa shape index (κ1) is 22.2. The molecule has 2 amide bonds. The second-order valence-corrected chi connectivity index (χ2v) is 9.91. The summed E-state index contributed by atoms with van der Waals surface area (Å²) < 4.78 is 6.50. The van der Waals surface area contributed by atoms with Crippen molar-refractivity contribution in [2.45, 2.75) is 32.9 Å². The van der Waals surface area contributed by atoms with Crippen molar-refractivity contribution in [2.24, 2.45) is 0 Å². The fourth-order valence-electron chi connectivity index (χ4n) is 3.53. The van der Waals surface area contributed by atoms with Gasteiger partial charge in [0.15, 0.2) is 5.13 Å². The van der Waals surface area contributed by atoms with Crippen molar-refractivity contribution in [1.82, 2.24) is 14.8 Å². The number of carbonyl (C=O) groups excluding carboxylic acids is 2. The molecule has 1 fully saturated rings. The van der Waals surface area contributed by atoms with Gasteiger partial charge in [-0.2, -0.15) is 0 Å². The summed E-state index contributed by atoms with van der Waals surface area (Å²) in [7, 11) is 0. The SMILES string of the molecule is CC(C)(C)OC(=O)N1CCN(Cc2ccc(C(=O)Nc3nc4ccccc4s3)cc2)CC1. The number of thiazole rings is 1. The average Bonchev–Trinajstić information content (AvgIpc) is 3.16. The molecular weight excluding hydrogens is 424 g/mol. The third-order valence-corrected chi connectivity index (χ3v) is 6.11. The van der Waals surface area contributed by atoms with Gasteiger partial charge in [0.25, 0.3) is 5.91 Å². The van der Waals surface area contributed by atoms with Gasteiger partial charge in [-0.15, -0.1) is 0 Å². The van der Waals surface area contributed by atoms with Gasteiger partial charge in [0.05, 0.1) is 10.2 Å². The maximum atomic E-state index is 12.6. The highest BCUT2D eigenvalue weighted by Crippen LogP contribution is 2.25. The Bertz CT molecular complexity index is 1060. The van der Waals surface area contributed by atoms with E-state index in [0.29, 0.717) is 23.8 Å². The van der Waals surface area contributed by atoms with Crippen LogP contribution in [-0.4, -0.2) is 58.6 Å². The van der Waals surface area contributed by atoms with Gasteiger partial charge in [-0.1, -0.05) is 35.6 Å². The van der Waals surface area contributed by atoms with Crippen molar-refractivity contribution in [2.75, 3.05) is 31.5 Å². The zero-order valence-electron chi connectivity index (χ0n) is 18.6. The van der Waals surface area contributed by atoms with Crippen molar-refractivity contribution in [3.63, 3.8) is 0 Å². The van der Waals surface area contributed by atoms with E-state index in [1.807, 2.05) is 69.3 Å². The minimum atomic E-state index is -0.477. The summed E-state index contributed by atoms with van der Waals surface area (Å²) in [6, 6.07) is 15.5. The minimum Gasteiger partial charge on any atom is -0.444 e. The summed E-state index contributed by atoms with van der Waals surface area (Å²) in [5.74, 6) is -0.165. The lowest BCUT2D eigenvalue weighted by molar-refractivity contribution is 0.0139. The van der Waals surface area contributed by atoms with Crippen LogP contribution in [0.5, 0.6) is 0 Å². The molecule has 8 heteroatoms. The van der Waals surface area contributed by atoms with Gasteiger partial charge in [-0.3, -0.25) is 15.0 Å². The van der Waals surface area contributed by atoms with Gasteiger partial charge in [0, 0.05) is 38.3 Å². The standard InChI is InChI=1S/C24H28N4O3S/c1-24(2,3)31-23(30)28-14-12-27(13-15-28)16-17-8-10-18(11-9-17)21(29)26-22-25-19-6-4-5-7-20(19)32-22/h4-11H,12-16H2,1-3H3,(H,25,26,29). The molecule has 1 saturated heterocycles. The molecule has 0 spiro atoms. The molecule has 1 aromatic heterocycles. The van der Waals surface area contributed by atoms with Gasteiger partial charge in [0.2, 0.25) is 0 Å². The summed E-state index contributed by atoms with van der Waals surface area (Å²) in [5.41, 5.74) is 2.14. The fraction of sp³-hybridized carbons (Fsp3) is 0.375. The van der Waals surface area contributed by atoms with Crippen LogP contribution in [-0.2, 0) is 11.3 Å². The second-order valence-electron chi connectivity index (χ2n) is 8.88. The predicted octanol–water partition coefficient (Wildman–Crippen LogP) is 4.60. The zero-order valence-corrected chi connectivity index (χ0v) is 19.4. The Labute approximate surface area is 192 Å². The van der Waals surface area contributed by atoms with Crippen LogP contribution in [0.3, 0.4) is 0 Å². The van der Waals surface area contributed by atoms with Crippen LogP contribution >= 0.6 is 11.3 Å². The molecule has 1 aliphatic rings. The molecule has 0 radical (unpaired) electrons. The molecule has 0 saturated carbocycles. The van der Waals surface area contributed by atoms with Crippen molar-refractivity contribution < 1.29 is 14.3 Å². The zero-order chi connectivity index (χ0) is 22.7. The van der Waals surface area contributed by atoms with E-state index < -0.39 is 5.60 Å². The van der Waals surface area contributed by atoms with E-state index in [1.165, 1.54) is 11.3 Å². The van der Waals surface area contributed by atoms with Crippen molar-refractivity contribution in [3.8, 4) is 0 Å². The fourth-order valence-corrected chi connectivity index (χ4v) is 4.39. The lowest BCUT2D eigenvalue weighted by atomic mass is 10.1. The van der Waals surface area contributed by atoms with Gasteiger partial charge >= 0.3 is 6.09 Å². The topological polar surface area (TPSA) is 74.8 Å². The third kappa shape index (κ3) is 5.63. The molecule has 32 heavy (non-hydrogen) atoms. The molecule has 7 nitrogen and oxygen atoms in total. The van der Waals surface area contributed by atoms with Crippen LogP contribution in [0.1, 0.15) is 36.7 Å². The number of fused-ring (bicyclic) bond motifs is 1. The monoisotopic (exact) mass is 452 g/mol. The Morgan fingerprint density at radius 3 is 2.38 bits per heavy atom. The summed E-state index contributed by atoms with van der Waals surface area (Å²) in [6.45, 7) is 9.30. The van der Waals surface area contributed by atoms with Gasteiger partial charge in [-0.25, -0.2) is 9.78 Å². The minimum absolute atomic E-state index is 0.165.